The van der Waals surface area contributed by atoms with Crippen LogP contribution in [-0.4, -0.2) is 70.6 Å². The van der Waals surface area contributed by atoms with E-state index in [1.165, 1.54) is 31.3 Å². The highest BCUT2D eigenvalue weighted by Gasteiger charge is 2.68. The van der Waals surface area contributed by atoms with Crippen molar-refractivity contribution < 1.29 is 34.3 Å². The molecule has 7 aliphatic rings. The molecule has 3 saturated carbocycles. The maximum atomic E-state index is 10.5. The van der Waals surface area contributed by atoms with Crippen LogP contribution < -0.4 is 0 Å². The normalized spacial score (nSPS) is 59.5. The number of ether oxygens (including phenoxy) is 4. The van der Waals surface area contributed by atoms with Crippen LogP contribution in [0.5, 0.6) is 0 Å². The van der Waals surface area contributed by atoms with Crippen LogP contribution in [0.25, 0.3) is 0 Å². The highest BCUT2D eigenvalue weighted by Crippen LogP contribution is 2.70. The minimum atomic E-state index is -1.26. The van der Waals surface area contributed by atoms with E-state index in [1.54, 1.807) is 6.92 Å². The lowest BCUT2D eigenvalue weighted by atomic mass is 9.47. The van der Waals surface area contributed by atoms with Crippen molar-refractivity contribution in [1.82, 2.24) is 0 Å². The van der Waals surface area contributed by atoms with Gasteiger partial charge in [-0.3, -0.25) is 0 Å². The molecule has 3 heterocycles. The molecule has 4 aliphatic carbocycles. The number of allylic oxidation sites excluding steroid dienone is 1. The SMILES string of the molecule is C[C@@H]1CC[C@@]2(OC1)O[C@H]1C[C@H]3[C@@H]4CC=C5C[C@@H](O[C@@H]6O[C@@H](C)[C@H](O)[C@@H](O)[C@H]6O)CC[C@]5(C)[C@H]4CC[C@]3(C)[C@H]1[C@@H]2C. The number of rotatable bonds is 2. The number of aliphatic hydroxyl groups excluding tert-OH is 3. The Morgan fingerprint density at radius 1 is 0.925 bits per heavy atom. The Morgan fingerprint density at radius 2 is 1.73 bits per heavy atom. The van der Waals surface area contributed by atoms with Gasteiger partial charge in [0.1, 0.15) is 18.3 Å². The molecule has 6 fully saturated rings. The van der Waals surface area contributed by atoms with E-state index in [-0.39, 0.29) is 17.3 Å². The fourth-order valence-electron chi connectivity index (χ4n) is 11.1. The number of hydrogen-bond acceptors (Lipinski definition) is 7. The second kappa shape index (κ2) is 9.73. The molecule has 3 saturated heterocycles. The zero-order valence-electron chi connectivity index (χ0n) is 25.1. The molecule has 0 radical (unpaired) electrons. The van der Waals surface area contributed by atoms with Gasteiger partial charge in [0.15, 0.2) is 12.1 Å². The number of aliphatic hydroxyl groups is 3. The number of fused-ring (bicyclic) bond motifs is 7. The summed E-state index contributed by atoms with van der Waals surface area (Å²) in [6.45, 7) is 12.4. The van der Waals surface area contributed by atoms with Crippen LogP contribution in [0.15, 0.2) is 11.6 Å². The molecule has 1 spiro atoms. The highest BCUT2D eigenvalue weighted by atomic mass is 16.7. The van der Waals surface area contributed by atoms with E-state index in [9.17, 15) is 15.3 Å². The summed E-state index contributed by atoms with van der Waals surface area (Å²) in [7, 11) is 0. The fourth-order valence-corrected chi connectivity index (χ4v) is 11.1. The van der Waals surface area contributed by atoms with E-state index in [4.69, 9.17) is 18.9 Å². The Labute approximate surface area is 240 Å². The smallest absolute Gasteiger partial charge is 0.186 e. The summed E-state index contributed by atoms with van der Waals surface area (Å²) in [5.41, 5.74) is 2.02. The van der Waals surface area contributed by atoms with Gasteiger partial charge < -0.3 is 34.3 Å². The van der Waals surface area contributed by atoms with Crippen molar-refractivity contribution in [3.63, 3.8) is 0 Å². The summed E-state index contributed by atoms with van der Waals surface area (Å²) in [5, 5.41) is 30.8. The molecule has 40 heavy (non-hydrogen) atoms. The molecular weight excluding hydrogens is 508 g/mol. The Bertz CT molecular complexity index is 1010. The number of hydrogen-bond donors (Lipinski definition) is 3. The van der Waals surface area contributed by atoms with E-state index < -0.39 is 30.7 Å². The first-order valence-corrected chi connectivity index (χ1v) is 16.3. The van der Waals surface area contributed by atoms with E-state index in [2.05, 4.69) is 33.8 Å². The Balaban J connectivity index is 1.06. The minimum Gasteiger partial charge on any atom is -0.388 e. The standard InChI is InChI=1S/C33H52O7/c1-17-8-13-33(37-16-17)18(2)26-25(40-33)15-24-22-7-6-20-14-21(39-30-29(36)28(35)27(34)19(3)38-30)9-11-31(20,4)23(22)10-12-32(24,26)5/h6,17-19,21-30,34-36H,7-16H2,1-5H3/t17-,18+,19+,21+,22-,23+,24+,25+,26+,27+,28-,29-,30+,31+,32+,33-/m1/s1. The molecule has 0 aromatic carbocycles. The monoisotopic (exact) mass is 560 g/mol. The van der Waals surface area contributed by atoms with Crippen LogP contribution in [0.3, 0.4) is 0 Å². The molecule has 0 aromatic rings. The van der Waals surface area contributed by atoms with Gasteiger partial charge in [-0.2, -0.15) is 0 Å². The van der Waals surface area contributed by atoms with Gasteiger partial charge in [-0.05, 0) is 98.7 Å². The first-order valence-electron chi connectivity index (χ1n) is 16.3. The van der Waals surface area contributed by atoms with Gasteiger partial charge in [0.25, 0.3) is 0 Å². The van der Waals surface area contributed by atoms with Crippen LogP contribution in [0.1, 0.15) is 92.4 Å². The van der Waals surface area contributed by atoms with Gasteiger partial charge in [0, 0.05) is 12.3 Å². The van der Waals surface area contributed by atoms with E-state index in [1.807, 2.05) is 0 Å². The Morgan fingerprint density at radius 3 is 2.48 bits per heavy atom. The molecule has 16 atom stereocenters. The van der Waals surface area contributed by atoms with Crippen molar-refractivity contribution in [1.29, 1.82) is 0 Å². The van der Waals surface area contributed by atoms with Gasteiger partial charge in [-0.15, -0.1) is 0 Å². The molecule has 0 aromatic heterocycles. The van der Waals surface area contributed by atoms with Crippen molar-refractivity contribution in [2.45, 2.75) is 141 Å². The fraction of sp³-hybridized carbons (Fsp3) is 0.939. The third-order valence-electron chi connectivity index (χ3n) is 13.5. The molecule has 7 nitrogen and oxygen atoms in total. The summed E-state index contributed by atoms with van der Waals surface area (Å²) < 4.78 is 25.5. The molecular formula is C33H52O7. The first-order chi connectivity index (χ1) is 19.0. The second-order valence-electron chi connectivity index (χ2n) is 15.5. The third-order valence-corrected chi connectivity index (χ3v) is 13.5. The quantitative estimate of drug-likeness (QED) is 0.426. The zero-order chi connectivity index (χ0) is 28.2. The van der Waals surface area contributed by atoms with Crippen molar-refractivity contribution in [2.75, 3.05) is 6.61 Å². The van der Waals surface area contributed by atoms with Crippen LogP contribution in [-0.2, 0) is 18.9 Å². The maximum Gasteiger partial charge on any atom is 0.186 e. The van der Waals surface area contributed by atoms with Crippen LogP contribution in [0.4, 0.5) is 0 Å². The molecule has 0 bridgehead atoms. The molecule has 226 valence electrons. The summed E-state index contributed by atoms with van der Waals surface area (Å²) in [5.74, 6) is 3.42. The maximum absolute atomic E-state index is 10.5. The third kappa shape index (κ3) is 4.01. The van der Waals surface area contributed by atoms with Crippen LogP contribution in [0.2, 0.25) is 0 Å². The molecule has 3 N–H and O–H groups in total. The molecule has 0 unspecified atom stereocenters. The lowest BCUT2D eigenvalue weighted by molar-refractivity contribution is -0.305. The first kappa shape index (κ1) is 28.2. The molecule has 3 aliphatic heterocycles. The minimum absolute atomic E-state index is 0.0477. The van der Waals surface area contributed by atoms with Crippen molar-refractivity contribution in [3.05, 3.63) is 11.6 Å². The Kier molecular flexibility index (Phi) is 6.87. The summed E-state index contributed by atoms with van der Waals surface area (Å²) in [4.78, 5) is 0. The van der Waals surface area contributed by atoms with Gasteiger partial charge in [0.2, 0.25) is 0 Å². The van der Waals surface area contributed by atoms with E-state index in [0.29, 0.717) is 47.0 Å². The molecule has 7 heteroatoms. The molecule has 0 amide bonds. The largest absolute Gasteiger partial charge is 0.388 e. The summed E-state index contributed by atoms with van der Waals surface area (Å²) >= 11 is 0. The second-order valence-corrected chi connectivity index (χ2v) is 15.5. The van der Waals surface area contributed by atoms with Gasteiger partial charge in [0.05, 0.1) is 24.9 Å². The highest BCUT2D eigenvalue weighted by molar-refractivity contribution is 5.26. The topological polar surface area (TPSA) is 97.6 Å². The van der Waals surface area contributed by atoms with Gasteiger partial charge in [-0.25, -0.2) is 0 Å². The van der Waals surface area contributed by atoms with Gasteiger partial charge in [-0.1, -0.05) is 39.3 Å². The predicted octanol–water partition coefficient (Wildman–Crippen LogP) is 4.57. The van der Waals surface area contributed by atoms with Crippen LogP contribution in [0, 0.1) is 46.3 Å². The average molecular weight is 561 g/mol. The predicted molar refractivity (Wildman–Crippen MR) is 149 cm³/mol. The Hall–Kier alpha value is -0.540. The van der Waals surface area contributed by atoms with Crippen LogP contribution >= 0.6 is 0 Å². The lowest BCUT2D eigenvalue weighted by Crippen LogP contribution is -2.58. The van der Waals surface area contributed by atoms with Gasteiger partial charge >= 0.3 is 0 Å². The van der Waals surface area contributed by atoms with E-state index in [0.717, 1.165) is 38.7 Å². The van der Waals surface area contributed by atoms with Crippen molar-refractivity contribution in [2.24, 2.45) is 46.3 Å². The molecule has 7 rings (SSSR count). The lowest BCUT2D eigenvalue weighted by Gasteiger charge is -2.58. The summed E-state index contributed by atoms with van der Waals surface area (Å²) in [6, 6.07) is 0. The summed E-state index contributed by atoms with van der Waals surface area (Å²) in [6.07, 6.45) is 7.71. The average Bonchev–Trinajstić information content (AvgIpc) is 3.37. The van der Waals surface area contributed by atoms with E-state index >= 15 is 0 Å². The zero-order valence-corrected chi connectivity index (χ0v) is 25.1. The van der Waals surface area contributed by atoms with Crippen molar-refractivity contribution in [3.8, 4) is 0 Å². The van der Waals surface area contributed by atoms with Crippen molar-refractivity contribution >= 4 is 0 Å².